The molecule has 3 aromatic rings. The van der Waals surface area contributed by atoms with E-state index in [1.165, 1.54) is 30.0 Å². The number of carbonyl (C=O) groups is 1. The zero-order chi connectivity index (χ0) is 25.3. The molecule has 1 heterocycles. The van der Waals surface area contributed by atoms with Gasteiger partial charge in [-0.3, -0.25) is 14.6 Å². The number of piperazine rings is 1. The number of hydrogen-bond acceptors (Lipinski definition) is 4. The van der Waals surface area contributed by atoms with Gasteiger partial charge in [-0.25, -0.2) is 8.78 Å². The SMILES string of the molecule is CN(CCCNC(=O)CN1CCN(C(c2ccc(F)cc2)c2ccc(F)cc2)CC1)c1ccccc1. The molecular weight excluding hydrogens is 458 g/mol. The van der Waals surface area contributed by atoms with E-state index in [2.05, 4.69) is 39.2 Å². The second-order valence-corrected chi connectivity index (χ2v) is 9.28. The van der Waals surface area contributed by atoms with E-state index in [1.807, 2.05) is 18.2 Å². The summed E-state index contributed by atoms with van der Waals surface area (Å²) >= 11 is 0. The number of halogens is 2. The standard InChI is InChI=1S/C29H34F2N4O/c1-33(27-6-3-2-4-7-27)17-5-16-32-28(36)22-34-18-20-35(21-19-34)29(23-8-12-25(30)13-9-23)24-10-14-26(31)15-11-24/h2-4,6-15,29H,5,16-22H2,1H3,(H,32,36). The van der Waals surface area contributed by atoms with E-state index in [1.54, 1.807) is 24.3 Å². The van der Waals surface area contributed by atoms with Crippen LogP contribution in [0.1, 0.15) is 23.6 Å². The minimum atomic E-state index is -0.279. The van der Waals surface area contributed by atoms with Crippen LogP contribution in [0.5, 0.6) is 0 Å². The summed E-state index contributed by atoms with van der Waals surface area (Å²) in [7, 11) is 2.06. The van der Waals surface area contributed by atoms with Crippen molar-refractivity contribution in [2.24, 2.45) is 0 Å². The highest BCUT2D eigenvalue weighted by Gasteiger charge is 2.27. The van der Waals surface area contributed by atoms with Gasteiger partial charge < -0.3 is 10.2 Å². The molecule has 1 fully saturated rings. The van der Waals surface area contributed by atoms with Crippen LogP contribution in [-0.4, -0.2) is 68.6 Å². The fraction of sp³-hybridized carbons (Fsp3) is 0.345. The van der Waals surface area contributed by atoms with E-state index in [0.717, 1.165) is 50.3 Å². The van der Waals surface area contributed by atoms with Gasteiger partial charge in [-0.15, -0.1) is 0 Å². The zero-order valence-electron chi connectivity index (χ0n) is 20.7. The largest absolute Gasteiger partial charge is 0.375 e. The van der Waals surface area contributed by atoms with Gasteiger partial charge >= 0.3 is 0 Å². The predicted octanol–water partition coefficient (Wildman–Crippen LogP) is 4.31. The monoisotopic (exact) mass is 492 g/mol. The number of benzene rings is 3. The molecule has 5 nitrogen and oxygen atoms in total. The molecule has 1 N–H and O–H groups in total. The van der Waals surface area contributed by atoms with Gasteiger partial charge in [0.2, 0.25) is 5.91 Å². The maximum Gasteiger partial charge on any atom is 0.234 e. The third-order valence-corrected chi connectivity index (χ3v) is 6.70. The van der Waals surface area contributed by atoms with Crippen LogP contribution in [0.2, 0.25) is 0 Å². The van der Waals surface area contributed by atoms with Crippen molar-refractivity contribution in [3.05, 3.63) is 102 Å². The summed E-state index contributed by atoms with van der Waals surface area (Å²) in [6.45, 7) is 4.92. The topological polar surface area (TPSA) is 38.8 Å². The molecule has 0 aliphatic carbocycles. The molecule has 1 aliphatic heterocycles. The van der Waals surface area contributed by atoms with Gasteiger partial charge in [0, 0.05) is 52.0 Å². The Morgan fingerprint density at radius 3 is 1.97 bits per heavy atom. The zero-order valence-corrected chi connectivity index (χ0v) is 20.7. The molecule has 0 unspecified atom stereocenters. The Morgan fingerprint density at radius 2 is 1.42 bits per heavy atom. The molecule has 7 heteroatoms. The first kappa shape index (κ1) is 25.8. The lowest BCUT2D eigenvalue weighted by molar-refractivity contribution is -0.122. The fourth-order valence-corrected chi connectivity index (χ4v) is 4.70. The van der Waals surface area contributed by atoms with E-state index in [-0.39, 0.29) is 23.6 Å². The van der Waals surface area contributed by atoms with Crippen LogP contribution >= 0.6 is 0 Å². The van der Waals surface area contributed by atoms with Crippen molar-refractivity contribution in [3.63, 3.8) is 0 Å². The van der Waals surface area contributed by atoms with Crippen molar-refractivity contribution < 1.29 is 13.6 Å². The number of nitrogens with zero attached hydrogens (tertiary/aromatic N) is 3. The summed E-state index contributed by atoms with van der Waals surface area (Å²) < 4.78 is 27.1. The molecule has 0 bridgehead atoms. The van der Waals surface area contributed by atoms with E-state index in [9.17, 15) is 13.6 Å². The average molecular weight is 493 g/mol. The maximum atomic E-state index is 13.5. The lowest BCUT2D eigenvalue weighted by Gasteiger charge is -2.39. The van der Waals surface area contributed by atoms with Gasteiger partial charge in [-0.2, -0.15) is 0 Å². The first-order valence-corrected chi connectivity index (χ1v) is 12.5. The Labute approximate surface area is 212 Å². The first-order valence-electron chi connectivity index (χ1n) is 12.5. The Hall–Kier alpha value is -3.29. The van der Waals surface area contributed by atoms with E-state index in [0.29, 0.717) is 13.1 Å². The summed E-state index contributed by atoms with van der Waals surface area (Å²) in [6, 6.07) is 23.1. The molecule has 0 aromatic heterocycles. The fourth-order valence-electron chi connectivity index (χ4n) is 4.70. The first-order chi connectivity index (χ1) is 17.5. The number of hydrogen-bond donors (Lipinski definition) is 1. The number of carbonyl (C=O) groups excluding carboxylic acids is 1. The number of anilines is 1. The van der Waals surface area contributed by atoms with E-state index < -0.39 is 0 Å². The van der Waals surface area contributed by atoms with Gasteiger partial charge in [0.05, 0.1) is 12.6 Å². The van der Waals surface area contributed by atoms with Crippen molar-refractivity contribution in [1.82, 2.24) is 15.1 Å². The second-order valence-electron chi connectivity index (χ2n) is 9.28. The molecule has 0 atom stereocenters. The highest BCUT2D eigenvalue weighted by atomic mass is 19.1. The molecule has 3 aromatic carbocycles. The van der Waals surface area contributed by atoms with Gasteiger partial charge in [-0.05, 0) is 53.9 Å². The van der Waals surface area contributed by atoms with Crippen molar-refractivity contribution in [3.8, 4) is 0 Å². The lowest BCUT2D eigenvalue weighted by atomic mass is 9.96. The van der Waals surface area contributed by atoms with Crippen LogP contribution in [0.15, 0.2) is 78.9 Å². The van der Waals surface area contributed by atoms with Crippen molar-refractivity contribution in [1.29, 1.82) is 0 Å². The number of para-hydroxylation sites is 1. The van der Waals surface area contributed by atoms with Gasteiger partial charge in [0.25, 0.3) is 0 Å². The van der Waals surface area contributed by atoms with Crippen molar-refractivity contribution in [2.45, 2.75) is 12.5 Å². The highest BCUT2D eigenvalue weighted by molar-refractivity contribution is 5.78. The summed E-state index contributed by atoms with van der Waals surface area (Å²) in [5, 5.41) is 3.04. The van der Waals surface area contributed by atoms with Crippen LogP contribution < -0.4 is 10.2 Å². The normalized spacial score (nSPS) is 14.7. The van der Waals surface area contributed by atoms with Gasteiger partial charge in [0.15, 0.2) is 0 Å². The molecular formula is C29H34F2N4O. The minimum Gasteiger partial charge on any atom is -0.375 e. The number of nitrogens with one attached hydrogen (secondary N) is 1. The van der Waals surface area contributed by atoms with E-state index >= 15 is 0 Å². The summed E-state index contributed by atoms with van der Waals surface area (Å²) in [4.78, 5) is 19.2. The molecule has 0 radical (unpaired) electrons. The van der Waals surface area contributed by atoms with Gasteiger partial charge in [0.1, 0.15) is 11.6 Å². The lowest BCUT2D eigenvalue weighted by Crippen LogP contribution is -2.50. The van der Waals surface area contributed by atoms with E-state index in [4.69, 9.17) is 0 Å². The van der Waals surface area contributed by atoms with Gasteiger partial charge in [-0.1, -0.05) is 42.5 Å². The number of amides is 1. The van der Waals surface area contributed by atoms with Crippen LogP contribution in [0.4, 0.5) is 14.5 Å². The highest BCUT2D eigenvalue weighted by Crippen LogP contribution is 2.30. The molecule has 1 amide bonds. The molecule has 1 aliphatic rings. The number of rotatable bonds is 10. The molecule has 36 heavy (non-hydrogen) atoms. The molecule has 0 spiro atoms. The predicted molar refractivity (Wildman–Crippen MR) is 140 cm³/mol. The third kappa shape index (κ3) is 7.12. The smallest absolute Gasteiger partial charge is 0.234 e. The van der Waals surface area contributed by atoms with Crippen LogP contribution in [0.25, 0.3) is 0 Å². The van der Waals surface area contributed by atoms with Crippen molar-refractivity contribution >= 4 is 11.6 Å². The Kier molecular flexibility index (Phi) is 9.03. The summed E-state index contributed by atoms with van der Waals surface area (Å²) in [5.74, 6) is -0.516. The Balaban J connectivity index is 1.25. The van der Waals surface area contributed by atoms with Crippen LogP contribution in [0.3, 0.4) is 0 Å². The second kappa shape index (κ2) is 12.6. The third-order valence-electron chi connectivity index (χ3n) is 6.70. The van der Waals surface area contributed by atoms with Crippen LogP contribution in [0, 0.1) is 11.6 Å². The molecule has 0 saturated carbocycles. The quantitative estimate of drug-likeness (QED) is 0.428. The molecule has 1 saturated heterocycles. The van der Waals surface area contributed by atoms with Crippen molar-refractivity contribution in [2.75, 3.05) is 57.8 Å². The minimum absolute atomic E-state index is 0.0411. The summed E-state index contributed by atoms with van der Waals surface area (Å²) in [5.41, 5.74) is 3.10. The molecule has 4 rings (SSSR count). The molecule has 190 valence electrons. The Morgan fingerprint density at radius 1 is 0.861 bits per heavy atom. The summed E-state index contributed by atoms with van der Waals surface area (Å²) in [6.07, 6.45) is 0.877. The Bertz CT molecular complexity index is 1040. The maximum absolute atomic E-state index is 13.5. The average Bonchev–Trinajstić information content (AvgIpc) is 2.90. The van der Waals surface area contributed by atoms with Crippen LogP contribution in [-0.2, 0) is 4.79 Å².